The predicted octanol–water partition coefficient (Wildman–Crippen LogP) is 4.69. The van der Waals surface area contributed by atoms with E-state index < -0.39 is 11.7 Å². The molecule has 2 aromatic carbocycles. The third kappa shape index (κ3) is 4.38. The van der Waals surface area contributed by atoms with Crippen molar-refractivity contribution in [3.05, 3.63) is 42.0 Å². The van der Waals surface area contributed by atoms with Gasteiger partial charge in [0.05, 0.1) is 19.8 Å². The number of alkyl halides is 3. The summed E-state index contributed by atoms with van der Waals surface area (Å²) >= 11 is 1.50. The van der Waals surface area contributed by atoms with Crippen LogP contribution < -0.4 is 19.7 Å². The Labute approximate surface area is 186 Å². The number of amides is 2. The number of methoxy groups -OCH3 is 2. The molecular weight excluding hydrogens is 445 g/mol. The molecule has 1 fully saturated rings. The first-order valence-electron chi connectivity index (χ1n) is 9.80. The molecule has 7 nitrogen and oxygen atoms in total. The number of fused-ring (bicyclic) bond motifs is 1. The molecule has 32 heavy (non-hydrogen) atoms. The molecule has 170 valence electrons. The Bertz CT molecular complexity index is 1070. The monoisotopic (exact) mass is 466 g/mol. The van der Waals surface area contributed by atoms with Gasteiger partial charge in [0.25, 0.3) is 0 Å². The molecule has 0 spiro atoms. The first-order chi connectivity index (χ1) is 15.3. The van der Waals surface area contributed by atoms with Crippen molar-refractivity contribution >= 4 is 38.4 Å². The van der Waals surface area contributed by atoms with Crippen LogP contribution in [0.4, 0.5) is 28.8 Å². The standard InChI is InChI=1S/C21H21F3N4O3S/c1-30-15-7-8-16(31-2)18-17(15)26-20(32-18)28-11-9-27(10-12-28)19(29)25-14-5-3-13(4-6-14)21(22,23)24/h3-8H,9-12H2,1-2H3,(H,25,29). The minimum absolute atomic E-state index is 0.316. The maximum absolute atomic E-state index is 12.7. The quantitative estimate of drug-likeness (QED) is 0.605. The molecule has 1 saturated heterocycles. The Morgan fingerprint density at radius 2 is 1.62 bits per heavy atom. The molecule has 1 aromatic heterocycles. The third-order valence-corrected chi connectivity index (χ3v) is 6.33. The van der Waals surface area contributed by atoms with E-state index >= 15 is 0 Å². The number of urea groups is 1. The number of aromatic nitrogens is 1. The molecule has 0 bridgehead atoms. The summed E-state index contributed by atoms with van der Waals surface area (Å²) in [6.45, 7) is 2.06. The fraction of sp³-hybridized carbons (Fsp3) is 0.333. The summed E-state index contributed by atoms with van der Waals surface area (Å²) in [5.74, 6) is 1.39. The number of benzene rings is 2. The van der Waals surface area contributed by atoms with Crippen LogP contribution in [-0.2, 0) is 6.18 Å². The van der Waals surface area contributed by atoms with E-state index in [1.165, 1.54) is 23.5 Å². The van der Waals surface area contributed by atoms with Crippen LogP contribution in [0.15, 0.2) is 36.4 Å². The molecule has 2 amide bonds. The van der Waals surface area contributed by atoms with Crippen molar-refractivity contribution in [2.75, 3.05) is 50.6 Å². The molecule has 0 atom stereocenters. The number of piperazine rings is 1. The number of carbonyl (C=O) groups is 1. The van der Waals surface area contributed by atoms with Gasteiger partial charge in [0, 0.05) is 31.9 Å². The van der Waals surface area contributed by atoms with Crippen molar-refractivity contribution < 1.29 is 27.4 Å². The van der Waals surface area contributed by atoms with Crippen molar-refractivity contribution in [3.63, 3.8) is 0 Å². The van der Waals surface area contributed by atoms with E-state index in [0.29, 0.717) is 37.6 Å². The van der Waals surface area contributed by atoms with Crippen molar-refractivity contribution in [3.8, 4) is 11.5 Å². The summed E-state index contributed by atoms with van der Waals surface area (Å²) in [6.07, 6.45) is -4.41. The second-order valence-electron chi connectivity index (χ2n) is 7.12. The Morgan fingerprint density at radius 1 is 1.00 bits per heavy atom. The van der Waals surface area contributed by atoms with Gasteiger partial charge in [0.15, 0.2) is 5.13 Å². The van der Waals surface area contributed by atoms with Gasteiger partial charge in [-0.15, -0.1) is 0 Å². The highest BCUT2D eigenvalue weighted by Gasteiger charge is 2.30. The number of nitrogens with zero attached hydrogens (tertiary/aromatic N) is 3. The molecule has 0 saturated carbocycles. The van der Waals surface area contributed by atoms with E-state index in [4.69, 9.17) is 14.5 Å². The molecule has 11 heteroatoms. The minimum atomic E-state index is -4.41. The Morgan fingerprint density at radius 3 is 2.22 bits per heavy atom. The molecule has 3 aromatic rings. The maximum atomic E-state index is 12.7. The SMILES string of the molecule is COc1ccc(OC)c2sc(N3CCN(C(=O)Nc4ccc(C(F)(F)F)cc4)CC3)nc12. The molecular formula is C21H21F3N4O3S. The minimum Gasteiger partial charge on any atom is -0.495 e. The van der Waals surface area contributed by atoms with Gasteiger partial charge in [-0.05, 0) is 36.4 Å². The van der Waals surface area contributed by atoms with E-state index in [1.807, 2.05) is 12.1 Å². The lowest BCUT2D eigenvalue weighted by molar-refractivity contribution is -0.137. The van der Waals surface area contributed by atoms with Crippen molar-refractivity contribution in [2.45, 2.75) is 6.18 Å². The Kier molecular flexibility index (Phi) is 6.00. The number of ether oxygens (including phenoxy) is 2. The van der Waals surface area contributed by atoms with E-state index in [1.54, 1.807) is 19.1 Å². The Hall–Kier alpha value is -3.21. The van der Waals surface area contributed by atoms with Crippen LogP contribution in [0.5, 0.6) is 11.5 Å². The van der Waals surface area contributed by atoms with Crippen LogP contribution in [0.25, 0.3) is 10.2 Å². The fourth-order valence-corrected chi connectivity index (χ4v) is 4.58. The first-order valence-corrected chi connectivity index (χ1v) is 10.6. The summed E-state index contributed by atoms with van der Waals surface area (Å²) in [5.41, 5.74) is 0.290. The lowest BCUT2D eigenvalue weighted by atomic mass is 10.2. The lowest BCUT2D eigenvalue weighted by Crippen LogP contribution is -2.50. The summed E-state index contributed by atoms with van der Waals surface area (Å²) in [5, 5.41) is 3.46. The molecule has 0 unspecified atom stereocenters. The highest BCUT2D eigenvalue weighted by atomic mass is 32.1. The number of hydrogen-bond donors (Lipinski definition) is 1. The number of hydrogen-bond acceptors (Lipinski definition) is 6. The Balaban J connectivity index is 1.40. The van der Waals surface area contributed by atoms with E-state index in [0.717, 1.165) is 33.2 Å². The molecule has 0 aliphatic carbocycles. The van der Waals surface area contributed by atoms with Crippen LogP contribution in [-0.4, -0.2) is 56.3 Å². The maximum Gasteiger partial charge on any atom is 0.416 e. The average Bonchev–Trinajstić information content (AvgIpc) is 3.24. The molecule has 1 aliphatic rings. The number of thiazole rings is 1. The molecule has 2 heterocycles. The normalized spacial score (nSPS) is 14.5. The molecule has 1 aliphatic heterocycles. The third-order valence-electron chi connectivity index (χ3n) is 5.20. The van der Waals surface area contributed by atoms with Crippen LogP contribution in [0.2, 0.25) is 0 Å². The lowest BCUT2D eigenvalue weighted by Gasteiger charge is -2.34. The van der Waals surface area contributed by atoms with Gasteiger partial charge in [0.1, 0.15) is 21.7 Å². The highest BCUT2D eigenvalue weighted by molar-refractivity contribution is 7.22. The first kappa shape index (κ1) is 22.0. The van der Waals surface area contributed by atoms with Gasteiger partial charge in [-0.3, -0.25) is 0 Å². The molecule has 4 rings (SSSR count). The number of halogens is 3. The van der Waals surface area contributed by atoms with Crippen LogP contribution in [0.1, 0.15) is 5.56 Å². The molecule has 1 N–H and O–H groups in total. The van der Waals surface area contributed by atoms with Gasteiger partial charge in [-0.2, -0.15) is 13.2 Å². The van der Waals surface area contributed by atoms with Crippen molar-refractivity contribution in [1.82, 2.24) is 9.88 Å². The van der Waals surface area contributed by atoms with Crippen LogP contribution >= 0.6 is 11.3 Å². The van der Waals surface area contributed by atoms with Gasteiger partial charge in [-0.25, -0.2) is 9.78 Å². The average molecular weight is 466 g/mol. The predicted molar refractivity (Wildman–Crippen MR) is 117 cm³/mol. The van der Waals surface area contributed by atoms with Gasteiger partial charge in [0.2, 0.25) is 0 Å². The number of anilines is 2. The van der Waals surface area contributed by atoms with Gasteiger partial charge < -0.3 is 24.6 Å². The van der Waals surface area contributed by atoms with E-state index in [-0.39, 0.29) is 6.03 Å². The van der Waals surface area contributed by atoms with Gasteiger partial charge >= 0.3 is 12.2 Å². The second-order valence-corrected chi connectivity index (χ2v) is 8.10. The van der Waals surface area contributed by atoms with E-state index in [2.05, 4.69) is 10.2 Å². The zero-order valence-electron chi connectivity index (χ0n) is 17.4. The van der Waals surface area contributed by atoms with Crippen LogP contribution in [0, 0.1) is 0 Å². The topological polar surface area (TPSA) is 66.9 Å². The summed E-state index contributed by atoms with van der Waals surface area (Å²) in [6, 6.07) is 7.70. The van der Waals surface area contributed by atoms with Crippen LogP contribution in [0.3, 0.4) is 0 Å². The molecule has 0 radical (unpaired) electrons. The summed E-state index contributed by atoms with van der Waals surface area (Å²) < 4.78 is 49.8. The zero-order valence-corrected chi connectivity index (χ0v) is 18.2. The van der Waals surface area contributed by atoms with Gasteiger partial charge in [-0.1, -0.05) is 11.3 Å². The van der Waals surface area contributed by atoms with Crippen molar-refractivity contribution in [1.29, 1.82) is 0 Å². The summed E-state index contributed by atoms with van der Waals surface area (Å²) in [4.78, 5) is 21.0. The smallest absolute Gasteiger partial charge is 0.416 e. The highest BCUT2D eigenvalue weighted by Crippen LogP contribution is 2.40. The second kappa shape index (κ2) is 8.73. The number of carbonyl (C=O) groups excluding carboxylic acids is 1. The van der Waals surface area contributed by atoms with Crippen molar-refractivity contribution in [2.24, 2.45) is 0 Å². The fourth-order valence-electron chi connectivity index (χ4n) is 3.46. The van der Waals surface area contributed by atoms with E-state index in [9.17, 15) is 18.0 Å². The number of rotatable bonds is 4. The summed E-state index contributed by atoms with van der Waals surface area (Å²) in [7, 11) is 3.20. The zero-order chi connectivity index (χ0) is 22.9. The number of nitrogens with one attached hydrogen (secondary N) is 1. The largest absolute Gasteiger partial charge is 0.495 e.